The van der Waals surface area contributed by atoms with Crippen LogP contribution in [0.15, 0.2) is 75.4 Å². The number of amides is 1. The van der Waals surface area contributed by atoms with E-state index in [4.69, 9.17) is 10.5 Å². The number of aryl methyl sites for hydroxylation is 1. The summed E-state index contributed by atoms with van der Waals surface area (Å²) in [6, 6.07) is 13.1. The highest BCUT2D eigenvalue weighted by Crippen LogP contribution is 2.25. The number of likely N-dealkylation sites (N-methyl/N-ethyl adjacent to an activating group) is 1. The molecule has 14 heteroatoms. The lowest BCUT2D eigenvalue weighted by Gasteiger charge is -2.25. The van der Waals surface area contributed by atoms with Crippen LogP contribution in [0.5, 0.6) is 11.5 Å². The molecule has 0 bridgehead atoms. The third-order valence-electron chi connectivity index (χ3n) is 5.85. The zero-order chi connectivity index (χ0) is 26.9. The normalized spacial score (nSPS) is 12.6. The van der Waals surface area contributed by atoms with Gasteiger partial charge in [-0.3, -0.25) is 14.2 Å². The Bertz CT molecular complexity index is 1680. The van der Waals surface area contributed by atoms with Crippen molar-refractivity contribution in [1.29, 1.82) is 0 Å². The van der Waals surface area contributed by atoms with Crippen LogP contribution in [0.4, 0.5) is 0 Å². The Hall–Kier alpha value is -4.43. The number of nitrogens with two attached hydrogens (primary N) is 1. The molecule has 0 aliphatic heterocycles. The van der Waals surface area contributed by atoms with Crippen LogP contribution < -0.4 is 21.7 Å². The van der Waals surface area contributed by atoms with E-state index in [2.05, 4.69) is 4.98 Å². The summed E-state index contributed by atoms with van der Waals surface area (Å²) < 4.78 is 35.1. The number of primary amides is 1. The number of carbonyl (C=O) groups excluding carboxylic acids is 1. The average molecular weight is 529 g/mol. The van der Waals surface area contributed by atoms with Gasteiger partial charge in [0.05, 0.1) is 11.2 Å². The number of imidazole rings is 1. The van der Waals surface area contributed by atoms with Gasteiger partial charge in [-0.1, -0.05) is 18.2 Å². The topological polar surface area (TPSA) is 172 Å². The van der Waals surface area contributed by atoms with E-state index in [1.54, 1.807) is 24.3 Å². The van der Waals surface area contributed by atoms with Gasteiger partial charge < -0.3 is 20.2 Å². The second kappa shape index (κ2) is 9.91. The molecule has 2 aromatic heterocycles. The van der Waals surface area contributed by atoms with Crippen LogP contribution in [-0.2, 0) is 28.4 Å². The van der Waals surface area contributed by atoms with Crippen molar-refractivity contribution >= 4 is 27.1 Å². The fourth-order valence-electron chi connectivity index (χ4n) is 3.83. The number of carbonyl (C=O) groups is 1. The molecule has 4 rings (SSSR count). The van der Waals surface area contributed by atoms with Crippen LogP contribution >= 0.6 is 0 Å². The number of aromatic nitrogens is 4. The molecule has 1 atom stereocenters. The van der Waals surface area contributed by atoms with Crippen molar-refractivity contribution in [2.75, 3.05) is 7.05 Å². The van der Waals surface area contributed by atoms with Gasteiger partial charge in [0.1, 0.15) is 17.5 Å². The van der Waals surface area contributed by atoms with E-state index in [0.717, 1.165) is 4.31 Å². The Labute approximate surface area is 210 Å². The van der Waals surface area contributed by atoms with Gasteiger partial charge in [0.2, 0.25) is 21.6 Å². The average Bonchev–Trinajstić information content (AvgIpc) is 3.27. The molecule has 0 saturated heterocycles. The summed E-state index contributed by atoms with van der Waals surface area (Å²) in [5, 5.41) is 10.1. The molecule has 37 heavy (non-hydrogen) atoms. The minimum atomic E-state index is -4.20. The molecule has 4 aromatic rings. The summed E-state index contributed by atoms with van der Waals surface area (Å²) >= 11 is 0. The van der Waals surface area contributed by atoms with E-state index in [1.165, 1.54) is 49.3 Å². The van der Waals surface area contributed by atoms with Crippen molar-refractivity contribution in [2.24, 2.45) is 12.8 Å². The number of hydrogen-bond donors (Lipinski definition) is 2. The molecule has 0 aliphatic rings. The Kier molecular flexibility index (Phi) is 6.87. The Morgan fingerprint density at radius 1 is 1.11 bits per heavy atom. The van der Waals surface area contributed by atoms with Crippen LogP contribution in [-0.4, -0.2) is 55.8 Å². The summed E-state index contributed by atoms with van der Waals surface area (Å²) in [4.78, 5) is 41.3. The molecule has 0 saturated carbocycles. The zero-order valence-electron chi connectivity index (χ0n) is 19.9. The van der Waals surface area contributed by atoms with Crippen molar-refractivity contribution < 1.29 is 23.2 Å². The maximum Gasteiger partial charge on any atom is 0.365 e. The van der Waals surface area contributed by atoms with E-state index in [9.17, 15) is 28.0 Å². The third kappa shape index (κ3) is 4.83. The predicted molar refractivity (Wildman–Crippen MR) is 132 cm³/mol. The van der Waals surface area contributed by atoms with Crippen molar-refractivity contribution in [1.82, 2.24) is 23.2 Å². The molecule has 3 N–H and O–H groups in total. The number of benzene rings is 2. The van der Waals surface area contributed by atoms with Crippen molar-refractivity contribution in [2.45, 2.75) is 23.9 Å². The largest absolute Gasteiger partial charge is 0.457 e. The lowest BCUT2D eigenvalue weighted by Crippen LogP contribution is -2.47. The summed E-state index contributed by atoms with van der Waals surface area (Å²) in [5.41, 5.74) is 3.38. The number of sulfonamides is 1. The van der Waals surface area contributed by atoms with Gasteiger partial charge in [0.25, 0.3) is 5.56 Å². The first-order chi connectivity index (χ1) is 17.5. The first-order valence-corrected chi connectivity index (χ1v) is 12.4. The van der Waals surface area contributed by atoms with E-state index < -0.39 is 39.8 Å². The molecule has 1 amide bonds. The van der Waals surface area contributed by atoms with E-state index >= 15 is 0 Å². The van der Waals surface area contributed by atoms with Gasteiger partial charge in [-0.05, 0) is 42.8 Å². The molecule has 1 unspecified atom stereocenters. The van der Waals surface area contributed by atoms with Gasteiger partial charge in [-0.25, -0.2) is 18.2 Å². The molecule has 0 fully saturated rings. The highest BCUT2D eigenvalue weighted by molar-refractivity contribution is 7.89. The van der Waals surface area contributed by atoms with Crippen LogP contribution in [0, 0.1) is 0 Å². The van der Waals surface area contributed by atoms with Gasteiger partial charge >= 0.3 is 5.69 Å². The van der Waals surface area contributed by atoms with Crippen LogP contribution in [0.1, 0.15) is 6.42 Å². The molecule has 0 radical (unpaired) electrons. The van der Waals surface area contributed by atoms with E-state index in [-0.39, 0.29) is 27.2 Å². The van der Waals surface area contributed by atoms with Gasteiger partial charge in [0.15, 0.2) is 5.52 Å². The lowest BCUT2D eigenvalue weighted by molar-refractivity contribution is -0.121. The molecular weight excluding hydrogens is 504 g/mol. The van der Waals surface area contributed by atoms with E-state index in [0.29, 0.717) is 16.1 Å². The molecule has 0 spiro atoms. The van der Waals surface area contributed by atoms with E-state index in [1.807, 2.05) is 6.07 Å². The second-order valence-electron chi connectivity index (χ2n) is 8.19. The second-order valence-corrected chi connectivity index (χ2v) is 10.2. The minimum absolute atomic E-state index is 0.0449. The minimum Gasteiger partial charge on any atom is -0.457 e. The predicted octanol–water partition coefficient (Wildman–Crippen LogP) is 0.491. The smallest absolute Gasteiger partial charge is 0.365 e. The summed E-state index contributed by atoms with van der Waals surface area (Å²) in [7, 11) is -1.51. The van der Waals surface area contributed by atoms with Gasteiger partial charge in [-0.15, -0.1) is 4.73 Å². The Morgan fingerprint density at radius 2 is 1.73 bits per heavy atom. The van der Waals surface area contributed by atoms with Crippen molar-refractivity contribution in [3.8, 4) is 11.5 Å². The Balaban J connectivity index is 1.57. The summed E-state index contributed by atoms with van der Waals surface area (Å²) in [5.74, 6) is 0.00377. The number of nitrogens with zero attached hydrogens (tertiary/aromatic N) is 5. The Morgan fingerprint density at radius 3 is 2.35 bits per heavy atom. The first kappa shape index (κ1) is 25.7. The fraction of sp³-hybridized carbons (Fsp3) is 0.217. The number of fused-ring (bicyclic) bond motifs is 1. The summed E-state index contributed by atoms with van der Waals surface area (Å²) in [6.45, 7) is -0.392. The maximum absolute atomic E-state index is 13.2. The number of ether oxygens (including phenoxy) is 1. The molecule has 13 nitrogen and oxygen atoms in total. The quantitative estimate of drug-likeness (QED) is 0.295. The molecular formula is C23H24N6O7S. The summed E-state index contributed by atoms with van der Waals surface area (Å²) in [6.07, 6.45) is 0.948. The SMILES string of the molecule is CN(C(CCn1c(=O)c2c(ncn2C)n(O)c1=O)C(N)=O)S(=O)(=O)c1ccc(Oc2ccccc2)cc1. The molecule has 2 heterocycles. The fourth-order valence-corrected chi connectivity index (χ4v) is 5.19. The lowest BCUT2D eigenvalue weighted by atomic mass is 10.2. The maximum atomic E-state index is 13.2. The third-order valence-corrected chi connectivity index (χ3v) is 7.73. The highest BCUT2D eigenvalue weighted by atomic mass is 32.2. The number of para-hydroxylation sites is 1. The first-order valence-electron chi connectivity index (χ1n) is 11.0. The molecule has 2 aromatic carbocycles. The monoisotopic (exact) mass is 528 g/mol. The van der Waals surface area contributed by atoms with Crippen LogP contribution in [0.25, 0.3) is 11.2 Å². The van der Waals surface area contributed by atoms with Crippen LogP contribution in [0.3, 0.4) is 0 Å². The number of rotatable bonds is 9. The van der Waals surface area contributed by atoms with Crippen molar-refractivity contribution in [3.63, 3.8) is 0 Å². The molecule has 194 valence electrons. The standard InChI is InChI=1S/C23H24N6O7S/c1-26-14-25-21-19(26)22(31)28(23(32)29(21)33)13-12-18(20(24)30)27(2)37(34,35)17-10-8-16(9-11-17)36-15-6-4-3-5-7-15/h3-11,14,18,33H,12-13H2,1-2H3,(H2,24,30). The molecule has 0 aliphatic carbocycles. The van der Waals surface area contributed by atoms with Crippen LogP contribution in [0.2, 0.25) is 0 Å². The highest BCUT2D eigenvalue weighted by Gasteiger charge is 2.32. The van der Waals surface area contributed by atoms with Gasteiger partial charge in [-0.2, -0.15) is 4.31 Å². The van der Waals surface area contributed by atoms with Crippen molar-refractivity contribution in [3.05, 3.63) is 81.8 Å². The number of hydrogen-bond acceptors (Lipinski definition) is 8. The zero-order valence-corrected chi connectivity index (χ0v) is 20.7. The van der Waals surface area contributed by atoms with Gasteiger partial charge in [0, 0.05) is 20.6 Å².